The van der Waals surface area contributed by atoms with E-state index in [1.165, 1.54) is 12.5 Å². The largest absolute Gasteiger partial charge is 0.339 e. The molecule has 108 valence electrons. The third-order valence-electron chi connectivity index (χ3n) is 3.72. The van der Waals surface area contributed by atoms with Gasteiger partial charge < -0.3 is 4.90 Å². The van der Waals surface area contributed by atoms with Crippen LogP contribution < -0.4 is 0 Å². The molecular formula is C13H16ClN3O3. The summed E-state index contributed by atoms with van der Waals surface area (Å²) in [6.45, 7) is 0. The van der Waals surface area contributed by atoms with E-state index in [-0.39, 0.29) is 28.4 Å². The van der Waals surface area contributed by atoms with Gasteiger partial charge in [0.25, 0.3) is 11.6 Å². The topological polar surface area (TPSA) is 76.3 Å². The number of nitrogens with zero attached hydrogens (tertiary/aromatic N) is 3. The SMILES string of the molecule is CN(C(=O)c1cc(Cl)ncc1[N+](=O)[O-])C1CCCCC1. The highest BCUT2D eigenvalue weighted by molar-refractivity contribution is 6.29. The van der Waals surface area contributed by atoms with Crippen molar-refractivity contribution in [3.63, 3.8) is 0 Å². The van der Waals surface area contributed by atoms with Crippen LogP contribution in [0.5, 0.6) is 0 Å². The summed E-state index contributed by atoms with van der Waals surface area (Å²) in [4.78, 5) is 28.1. The molecule has 2 rings (SSSR count). The van der Waals surface area contributed by atoms with Gasteiger partial charge in [0.05, 0.1) is 4.92 Å². The molecule has 0 unspecified atom stereocenters. The molecule has 0 N–H and O–H groups in total. The predicted molar refractivity (Wildman–Crippen MR) is 74.9 cm³/mol. The van der Waals surface area contributed by atoms with Crippen LogP contribution in [0.1, 0.15) is 42.5 Å². The maximum Gasteiger partial charge on any atom is 0.300 e. The van der Waals surface area contributed by atoms with Crippen LogP contribution in [-0.4, -0.2) is 33.8 Å². The average Bonchev–Trinajstić information content (AvgIpc) is 2.46. The van der Waals surface area contributed by atoms with Gasteiger partial charge in [0.2, 0.25) is 0 Å². The van der Waals surface area contributed by atoms with Crippen molar-refractivity contribution in [3.05, 3.63) is 33.1 Å². The van der Waals surface area contributed by atoms with E-state index in [2.05, 4.69) is 4.98 Å². The van der Waals surface area contributed by atoms with E-state index in [0.29, 0.717) is 0 Å². The van der Waals surface area contributed by atoms with Gasteiger partial charge in [-0.1, -0.05) is 30.9 Å². The lowest BCUT2D eigenvalue weighted by molar-refractivity contribution is -0.385. The fourth-order valence-corrected chi connectivity index (χ4v) is 2.72. The Balaban J connectivity index is 2.27. The molecule has 1 aromatic rings. The third kappa shape index (κ3) is 3.07. The standard InChI is InChI=1S/C13H16ClN3O3/c1-16(9-5-3-2-4-6-9)13(18)10-7-12(14)15-8-11(10)17(19)20/h7-9H,2-6H2,1H3. The van der Waals surface area contributed by atoms with Crippen molar-refractivity contribution in [1.29, 1.82) is 0 Å². The highest BCUT2D eigenvalue weighted by Crippen LogP contribution is 2.26. The van der Waals surface area contributed by atoms with Crippen molar-refractivity contribution in [2.24, 2.45) is 0 Å². The Bertz CT molecular complexity index is 530. The fraction of sp³-hybridized carbons (Fsp3) is 0.538. The molecule has 0 radical (unpaired) electrons. The number of aromatic nitrogens is 1. The molecule has 1 aliphatic rings. The minimum Gasteiger partial charge on any atom is -0.339 e. The first-order valence-corrected chi connectivity index (χ1v) is 6.95. The summed E-state index contributed by atoms with van der Waals surface area (Å²) in [5, 5.41) is 11.1. The van der Waals surface area contributed by atoms with Crippen molar-refractivity contribution in [2.75, 3.05) is 7.05 Å². The Morgan fingerprint density at radius 2 is 2.10 bits per heavy atom. The number of pyridine rings is 1. The quantitative estimate of drug-likeness (QED) is 0.488. The fourth-order valence-electron chi connectivity index (χ4n) is 2.56. The van der Waals surface area contributed by atoms with Crippen LogP contribution in [0, 0.1) is 10.1 Å². The van der Waals surface area contributed by atoms with E-state index in [1.807, 2.05) is 0 Å². The zero-order valence-electron chi connectivity index (χ0n) is 11.2. The minimum absolute atomic E-state index is 0.00285. The lowest BCUT2D eigenvalue weighted by Crippen LogP contribution is -2.38. The maximum atomic E-state index is 12.5. The van der Waals surface area contributed by atoms with Crippen LogP contribution in [-0.2, 0) is 0 Å². The summed E-state index contributed by atoms with van der Waals surface area (Å²) in [6.07, 6.45) is 6.26. The monoisotopic (exact) mass is 297 g/mol. The molecule has 1 aliphatic carbocycles. The number of amides is 1. The molecule has 0 saturated heterocycles. The molecule has 1 fully saturated rings. The van der Waals surface area contributed by atoms with E-state index < -0.39 is 4.92 Å². The number of halogens is 1. The highest BCUT2D eigenvalue weighted by atomic mass is 35.5. The van der Waals surface area contributed by atoms with Crippen molar-refractivity contribution in [2.45, 2.75) is 38.1 Å². The Morgan fingerprint density at radius 1 is 1.45 bits per heavy atom. The summed E-state index contributed by atoms with van der Waals surface area (Å²) in [5.74, 6) is -0.368. The first kappa shape index (κ1) is 14.7. The minimum atomic E-state index is -0.606. The number of carbonyl (C=O) groups excluding carboxylic acids is 1. The van der Waals surface area contributed by atoms with Gasteiger partial charge in [0, 0.05) is 13.1 Å². The van der Waals surface area contributed by atoms with Gasteiger partial charge in [-0.2, -0.15) is 0 Å². The number of nitro groups is 1. The van der Waals surface area contributed by atoms with Crippen LogP contribution in [0.2, 0.25) is 5.15 Å². The molecule has 6 nitrogen and oxygen atoms in total. The molecular weight excluding hydrogens is 282 g/mol. The van der Waals surface area contributed by atoms with E-state index in [9.17, 15) is 14.9 Å². The van der Waals surface area contributed by atoms with Crippen molar-refractivity contribution in [1.82, 2.24) is 9.88 Å². The molecule has 0 aromatic carbocycles. The lowest BCUT2D eigenvalue weighted by atomic mass is 9.94. The second-order valence-electron chi connectivity index (χ2n) is 4.99. The van der Waals surface area contributed by atoms with Crippen LogP contribution in [0.25, 0.3) is 0 Å². The third-order valence-corrected chi connectivity index (χ3v) is 3.93. The maximum absolute atomic E-state index is 12.5. The van der Waals surface area contributed by atoms with Crippen LogP contribution >= 0.6 is 11.6 Å². The Hall–Kier alpha value is -1.69. The van der Waals surface area contributed by atoms with Crippen LogP contribution in [0.3, 0.4) is 0 Å². The molecule has 1 amide bonds. The Labute approximate surface area is 121 Å². The predicted octanol–water partition coefficient (Wildman–Crippen LogP) is 3.05. The number of rotatable bonds is 3. The Morgan fingerprint density at radius 3 is 2.70 bits per heavy atom. The molecule has 0 bridgehead atoms. The first-order chi connectivity index (χ1) is 9.50. The molecule has 0 atom stereocenters. The molecule has 1 heterocycles. The van der Waals surface area contributed by atoms with Crippen molar-refractivity contribution in [3.8, 4) is 0 Å². The van der Waals surface area contributed by atoms with E-state index >= 15 is 0 Å². The molecule has 0 aliphatic heterocycles. The van der Waals surface area contributed by atoms with Gasteiger partial charge in [0.1, 0.15) is 16.9 Å². The van der Waals surface area contributed by atoms with Crippen LogP contribution in [0.4, 0.5) is 5.69 Å². The molecule has 7 heteroatoms. The van der Waals surface area contributed by atoms with Gasteiger partial charge in [-0.25, -0.2) is 4.98 Å². The van der Waals surface area contributed by atoms with Crippen molar-refractivity contribution < 1.29 is 9.72 Å². The number of carbonyl (C=O) groups is 1. The summed E-state index contributed by atoms with van der Waals surface area (Å²) in [6, 6.07) is 1.41. The van der Waals surface area contributed by atoms with Gasteiger partial charge in [0.15, 0.2) is 0 Å². The zero-order valence-corrected chi connectivity index (χ0v) is 12.0. The van der Waals surface area contributed by atoms with E-state index in [1.54, 1.807) is 11.9 Å². The number of hydrogen-bond acceptors (Lipinski definition) is 4. The second kappa shape index (κ2) is 6.17. The molecule has 1 aromatic heterocycles. The molecule has 20 heavy (non-hydrogen) atoms. The second-order valence-corrected chi connectivity index (χ2v) is 5.38. The normalized spacial score (nSPS) is 15.9. The van der Waals surface area contributed by atoms with Crippen molar-refractivity contribution >= 4 is 23.2 Å². The number of hydrogen-bond donors (Lipinski definition) is 0. The average molecular weight is 298 g/mol. The van der Waals surface area contributed by atoms with Gasteiger partial charge in [-0.05, 0) is 18.9 Å². The van der Waals surface area contributed by atoms with E-state index in [0.717, 1.165) is 31.9 Å². The molecule has 1 saturated carbocycles. The lowest BCUT2D eigenvalue weighted by Gasteiger charge is -2.31. The highest BCUT2D eigenvalue weighted by Gasteiger charge is 2.28. The van der Waals surface area contributed by atoms with Gasteiger partial charge >= 0.3 is 0 Å². The summed E-state index contributed by atoms with van der Waals surface area (Å²) in [5.41, 5.74) is -0.301. The summed E-state index contributed by atoms with van der Waals surface area (Å²) >= 11 is 5.75. The Kier molecular flexibility index (Phi) is 4.54. The van der Waals surface area contributed by atoms with Crippen LogP contribution in [0.15, 0.2) is 12.3 Å². The molecule has 0 spiro atoms. The first-order valence-electron chi connectivity index (χ1n) is 6.58. The summed E-state index contributed by atoms with van der Waals surface area (Å²) in [7, 11) is 1.69. The summed E-state index contributed by atoms with van der Waals surface area (Å²) < 4.78 is 0. The van der Waals surface area contributed by atoms with Gasteiger partial charge in [-0.3, -0.25) is 14.9 Å². The zero-order chi connectivity index (χ0) is 14.7. The van der Waals surface area contributed by atoms with Gasteiger partial charge in [-0.15, -0.1) is 0 Å². The smallest absolute Gasteiger partial charge is 0.300 e. The van der Waals surface area contributed by atoms with E-state index in [4.69, 9.17) is 11.6 Å².